The SMILES string of the molecule is CNC(=O)Nc1ccc(-c2ccc(C)o2)cc1.CNC(=O)c1ccc(-c2ccc(C)o2)cc1.Cc1ccc(-c2ccc(C(N)=O)cc2)o1.Cc1ccc(-c2ccc(NC(=O)OC(C)(C)C)cc2)o1.Cc1ccc(-c2ccc(NS(C)(=O)=O)cc2)o1.Cc1ccc(-c2ccc([N+](=O)[O-])cc2)o1. The molecule has 5 amide bonds. The molecule has 6 heterocycles. The Labute approximate surface area is 579 Å². The number of nitrogens with one attached hydrogen (secondary N) is 5. The number of non-ortho nitro benzene ring substituents is 1. The summed E-state index contributed by atoms with van der Waals surface area (Å²) in [5.41, 5.74) is 13.5. The Kier molecular flexibility index (Phi) is 26.3. The van der Waals surface area contributed by atoms with E-state index in [4.69, 9.17) is 37.0 Å². The third-order valence-electron chi connectivity index (χ3n) is 13.9. The van der Waals surface area contributed by atoms with Gasteiger partial charge in [0, 0.05) is 87.8 Å². The number of anilines is 3. The minimum atomic E-state index is -3.22. The lowest BCUT2D eigenvalue weighted by Gasteiger charge is -2.19. The molecule has 12 rings (SSSR count). The summed E-state index contributed by atoms with van der Waals surface area (Å²) in [6.07, 6.45) is 0.663. The van der Waals surface area contributed by atoms with Gasteiger partial charge in [-0.25, -0.2) is 18.0 Å². The van der Waals surface area contributed by atoms with Crippen LogP contribution in [-0.2, 0) is 14.8 Å². The van der Waals surface area contributed by atoms with E-state index in [2.05, 4.69) is 26.0 Å². The summed E-state index contributed by atoms with van der Waals surface area (Å²) in [6.45, 7) is 16.8. The molecule has 0 aliphatic rings. The molecule has 0 unspecified atom stereocenters. The van der Waals surface area contributed by atoms with Crippen molar-refractivity contribution in [2.45, 2.75) is 67.9 Å². The summed E-state index contributed by atoms with van der Waals surface area (Å²) in [7, 11) is -0.0281. The molecule has 0 saturated carbocycles. The van der Waals surface area contributed by atoms with Crippen LogP contribution in [0.4, 0.5) is 32.3 Å². The number of ether oxygens (including phenoxy) is 1. The fourth-order valence-corrected chi connectivity index (χ4v) is 9.55. The number of rotatable bonds is 13. The van der Waals surface area contributed by atoms with Crippen LogP contribution in [0.15, 0.2) is 245 Å². The summed E-state index contributed by atoms with van der Waals surface area (Å²) in [5.74, 6) is 9.42. The van der Waals surface area contributed by atoms with Crippen molar-refractivity contribution < 1.29 is 63.8 Å². The lowest BCUT2D eigenvalue weighted by atomic mass is 10.1. The predicted octanol–water partition coefficient (Wildman–Crippen LogP) is 18.4. The van der Waals surface area contributed by atoms with Gasteiger partial charge in [0.15, 0.2) is 0 Å². The number of hydrogen-bond acceptors (Lipinski definition) is 15. The van der Waals surface area contributed by atoms with E-state index in [0.29, 0.717) is 22.5 Å². The number of nitrogens with zero attached hydrogens (tertiary/aromatic N) is 1. The Morgan fingerprint density at radius 2 is 0.690 bits per heavy atom. The van der Waals surface area contributed by atoms with Gasteiger partial charge in [-0.15, -0.1) is 0 Å². The van der Waals surface area contributed by atoms with Gasteiger partial charge in [-0.3, -0.25) is 29.7 Å². The Morgan fingerprint density at radius 3 is 0.940 bits per heavy atom. The first-order valence-corrected chi connectivity index (χ1v) is 33.0. The molecule has 0 radical (unpaired) electrons. The molecular weight excluding hydrogens is 1290 g/mol. The largest absolute Gasteiger partial charge is 0.461 e. The van der Waals surface area contributed by atoms with Crippen molar-refractivity contribution in [3.05, 3.63) is 274 Å². The van der Waals surface area contributed by atoms with Gasteiger partial charge in [-0.1, -0.05) is 24.3 Å². The zero-order chi connectivity index (χ0) is 72.7. The highest BCUT2D eigenvalue weighted by atomic mass is 32.2. The standard InChI is InChI=1S/C16H19NO3.C13H14N2O2.C13H13NO2.C12H13NO3S.C12H11NO2.C11H9NO3/c1-11-5-10-14(19-11)12-6-8-13(9-7-12)17-15(18)20-16(2,3)4;1-9-3-8-12(17-9)10-4-6-11(7-5-10)15-13(16)14-2;1-9-3-8-12(16-9)10-4-6-11(7-5-10)13(15)14-2;1-9-3-8-12(16-9)10-4-6-11(7-5-10)13-17(2,14)15;2*1-8-2-7-11(15-8)9-3-5-10(6-4-9)12(13)14/h5-10H,1-4H3,(H,17,18);3-8H,1-2H3,(H2,14,15,16);3-8H,1-2H3,(H,14,15);3-8,13H,1-2H3;2-7H,1H3,(H2,13,14);2-7H,1H3. The molecule has 23 heteroatoms. The number of nitrogens with two attached hydrogens (primary N) is 1. The maximum Gasteiger partial charge on any atom is 0.412 e. The van der Waals surface area contributed by atoms with Gasteiger partial charge < -0.3 is 52.9 Å². The Balaban J connectivity index is 0.000000169. The van der Waals surface area contributed by atoms with Crippen LogP contribution in [0, 0.1) is 51.7 Å². The minimum absolute atomic E-state index is 0.0813. The van der Waals surface area contributed by atoms with Crippen LogP contribution < -0.4 is 31.7 Å². The van der Waals surface area contributed by atoms with E-state index in [9.17, 15) is 37.7 Å². The van der Waals surface area contributed by atoms with Crippen LogP contribution in [-0.4, -0.2) is 63.2 Å². The molecule has 0 saturated heterocycles. The Bertz CT molecular complexity index is 4650. The number of furan rings is 6. The fraction of sp³-hybridized carbons (Fsp3) is 0.169. The quantitative estimate of drug-likeness (QED) is 0.0462. The van der Waals surface area contributed by atoms with E-state index in [0.717, 1.165) is 114 Å². The van der Waals surface area contributed by atoms with Crippen molar-refractivity contribution in [2.24, 2.45) is 5.73 Å². The summed E-state index contributed by atoms with van der Waals surface area (Å²) in [4.78, 5) is 54.9. The number of benzene rings is 6. The summed E-state index contributed by atoms with van der Waals surface area (Å²) < 4.78 is 62.5. The maximum atomic E-state index is 11.6. The first-order valence-electron chi connectivity index (χ1n) is 31.1. The highest BCUT2D eigenvalue weighted by Gasteiger charge is 2.17. The van der Waals surface area contributed by atoms with Gasteiger partial charge in [0.1, 0.15) is 74.7 Å². The molecule has 100 heavy (non-hydrogen) atoms. The maximum absolute atomic E-state index is 11.6. The molecule has 0 fully saturated rings. The zero-order valence-corrected chi connectivity index (χ0v) is 58.2. The molecule has 0 spiro atoms. The molecule has 0 aliphatic carbocycles. The molecule has 22 nitrogen and oxygen atoms in total. The first-order chi connectivity index (χ1) is 47.5. The number of aryl methyl sites for hydroxylation is 6. The van der Waals surface area contributed by atoms with Crippen molar-refractivity contribution in [1.29, 1.82) is 0 Å². The number of urea groups is 1. The minimum Gasteiger partial charge on any atom is -0.461 e. The van der Waals surface area contributed by atoms with Crippen LogP contribution in [0.25, 0.3) is 67.9 Å². The topological polar surface area (TPSA) is 320 Å². The highest BCUT2D eigenvalue weighted by molar-refractivity contribution is 7.92. The summed E-state index contributed by atoms with van der Waals surface area (Å²) in [5, 5.41) is 20.9. The molecule has 12 aromatic rings. The number of sulfonamides is 1. The Hall–Kier alpha value is -12.4. The number of carbonyl (C=O) groups excluding carboxylic acids is 4. The van der Waals surface area contributed by atoms with Gasteiger partial charge in [0.25, 0.3) is 11.6 Å². The molecule has 518 valence electrons. The van der Waals surface area contributed by atoms with Gasteiger partial charge >= 0.3 is 12.1 Å². The first kappa shape index (κ1) is 75.0. The summed E-state index contributed by atoms with van der Waals surface area (Å²) in [6, 6.07) is 65.1. The molecule has 0 bridgehead atoms. The second-order valence-corrected chi connectivity index (χ2v) is 25.0. The second-order valence-electron chi connectivity index (χ2n) is 23.3. The second kappa shape index (κ2) is 35.0. The number of nitro benzene ring substituents is 1. The van der Waals surface area contributed by atoms with Crippen molar-refractivity contribution >= 4 is 56.7 Å². The number of hydrogen-bond donors (Lipinski definition) is 6. The fourth-order valence-electron chi connectivity index (χ4n) is 8.98. The van der Waals surface area contributed by atoms with Crippen molar-refractivity contribution in [3.63, 3.8) is 0 Å². The highest BCUT2D eigenvalue weighted by Crippen LogP contribution is 2.29. The average molecular weight is 1370 g/mol. The normalized spacial score (nSPS) is 10.6. The van der Waals surface area contributed by atoms with E-state index in [1.54, 1.807) is 62.6 Å². The van der Waals surface area contributed by atoms with Crippen molar-refractivity contribution in [2.75, 3.05) is 35.7 Å². The van der Waals surface area contributed by atoms with Gasteiger partial charge in [-0.2, -0.15) is 0 Å². The monoisotopic (exact) mass is 1370 g/mol. The molecule has 0 atom stereocenters. The van der Waals surface area contributed by atoms with E-state index >= 15 is 0 Å². The third-order valence-corrected chi connectivity index (χ3v) is 14.5. The average Bonchev–Trinajstić information content (AvgIpc) is 1.38. The number of primary amides is 1. The smallest absolute Gasteiger partial charge is 0.412 e. The molecule has 0 aliphatic heterocycles. The predicted molar refractivity (Wildman–Crippen MR) is 388 cm³/mol. The number of nitro groups is 1. The van der Waals surface area contributed by atoms with Gasteiger partial charge in [-0.05, 0) is 244 Å². The van der Waals surface area contributed by atoms with Crippen LogP contribution in [0.5, 0.6) is 0 Å². The van der Waals surface area contributed by atoms with Gasteiger partial charge in [0.2, 0.25) is 15.9 Å². The third kappa shape index (κ3) is 24.1. The summed E-state index contributed by atoms with van der Waals surface area (Å²) >= 11 is 0. The number of amides is 5. The van der Waals surface area contributed by atoms with E-state index < -0.39 is 32.5 Å². The zero-order valence-electron chi connectivity index (χ0n) is 57.3. The Morgan fingerprint density at radius 1 is 0.410 bits per heavy atom. The van der Waals surface area contributed by atoms with Gasteiger partial charge in [0.05, 0.1) is 11.2 Å². The van der Waals surface area contributed by atoms with E-state index in [1.807, 2.05) is 220 Å². The van der Waals surface area contributed by atoms with Crippen LogP contribution >= 0.6 is 0 Å². The van der Waals surface area contributed by atoms with E-state index in [1.165, 1.54) is 12.1 Å². The van der Waals surface area contributed by atoms with Crippen LogP contribution in [0.2, 0.25) is 0 Å². The van der Waals surface area contributed by atoms with Crippen LogP contribution in [0.1, 0.15) is 76.0 Å². The molecule has 7 N–H and O–H groups in total. The van der Waals surface area contributed by atoms with E-state index in [-0.39, 0.29) is 17.6 Å². The van der Waals surface area contributed by atoms with Crippen molar-refractivity contribution in [1.82, 2.24) is 10.6 Å². The van der Waals surface area contributed by atoms with Crippen molar-refractivity contribution in [3.8, 4) is 67.9 Å². The number of carbonyl (C=O) groups is 4. The molecule has 6 aromatic heterocycles. The lowest BCUT2D eigenvalue weighted by molar-refractivity contribution is -0.384. The molecule has 6 aromatic carbocycles. The molecular formula is C77H79N7O15S. The van der Waals surface area contributed by atoms with Crippen LogP contribution in [0.3, 0.4) is 0 Å². The lowest BCUT2D eigenvalue weighted by Crippen LogP contribution is -2.27.